The standard InChI is InChI=1S/C22H22Br2ClN3O2.C22H21Br2ClN2O2/c1-2-30-22(29)28-7-5-12(6-8-28)18-17-13(10-16(25)20(26)19(17)24)3-4-14-9-15(23)11-27-21(14)18;1-2-29-22(28)27-7-5-13(6-8-27)20-19-14(10-17(25)11-18(19)24)3-4-15-9-16(23)12-26-21(15)20/h9-11H,2-8,26H2,1H3;9-12H,2-8H2,1H3. The number of likely N-dealkylation sites (tertiary alicyclic amines) is 2. The van der Waals surface area contributed by atoms with Crippen molar-refractivity contribution in [2.24, 2.45) is 0 Å². The number of piperidine rings is 2. The smallest absolute Gasteiger partial charge is 0.409 e. The number of aryl methyl sites for hydroxylation is 4. The van der Waals surface area contributed by atoms with Crippen LogP contribution in [0.5, 0.6) is 0 Å². The van der Waals surface area contributed by atoms with E-state index in [2.05, 4.69) is 81.9 Å². The number of nitrogen functional groups attached to an aromatic ring is 1. The molecule has 4 heterocycles. The third-order valence-electron chi connectivity index (χ3n) is 11.1. The molecule has 9 nitrogen and oxygen atoms in total. The van der Waals surface area contributed by atoms with Gasteiger partial charge in [-0.3, -0.25) is 9.97 Å². The first-order chi connectivity index (χ1) is 28.4. The van der Waals surface area contributed by atoms with Crippen molar-refractivity contribution in [1.82, 2.24) is 19.8 Å². The summed E-state index contributed by atoms with van der Waals surface area (Å²) in [5, 5.41) is 1.29. The summed E-state index contributed by atoms with van der Waals surface area (Å²) in [5.74, 6) is 0. The largest absolute Gasteiger partial charge is 0.450 e. The molecule has 2 amide bonds. The van der Waals surface area contributed by atoms with Gasteiger partial charge in [0, 0.05) is 79.3 Å². The lowest BCUT2D eigenvalue weighted by atomic mass is 9.88. The van der Waals surface area contributed by atoms with Crippen LogP contribution in [0.3, 0.4) is 0 Å². The van der Waals surface area contributed by atoms with E-state index in [4.69, 9.17) is 48.4 Å². The number of carbonyl (C=O) groups excluding carboxylic acids is 2. The summed E-state index contributed by atoms with van der Waals surface area (Å²) in [7, 11) is 0. The van der Waals surface area contributed by atoms with Crippen LogP contribution in [0.15, 0.2) is 71.8 Å². The maximum absolute atomic E-state index is 12.1. The Labute approximate surface area is 388 Å². The summed E-state index contributed by atoms with van der Waals surface area (Å²) in [6, 6.07) is 10.3. The fourth-order valence-electron chi connectivity index (χ4n) is 8.36. The number of aromatic nitrogens is 2. The molecule has 2 aromatic carbocycles. The van der Waals surface area contributed by atoms with Gasteiger partial charge >= 0.3 is 12.2 Å². The Bertz CT molecular complexity index is 2370. The van der Waals surface area contributed by atoms with Crippen LogP contribution in [-0.4, -0.2) is 71.3 Å². The summed E-state index contributed by atoms with van der Waals surface area (Å²) >= 11 is 27.4. The van der Waals surface area contributed by atoms with Crippen molar-refractivity contribution in [3.05, 3.63) is 127 Å². The molecular formula is C44H43Br4Cl2N5O4. The lowest BCUT2D eigenvalue weighted by Gasteiger charge is -2.30. The number of ether oxygens (including phenoxy) is 2. The van der Waals surface area contributed by atoms with Gasteiger partial charge in [0.05, 0.1) is 39.8 Å². The quantitative estimate of drug-likeness (QED) is 0.199. The number of hydrogen-bond acceptors (Lipinski definition) is 7. The summed E-state index contributed by atoms with van der Waals surface area (Å²) in [6.45, 7) is 7.01. The molecule has 2 N–H and O–H groups in total. The Kier molecular flexibility index (Phi) is 14.5. The molecule has 2 aliphatic heterocycles. The van der Waals surface area contributed by atoms with E-state index >= 15 is 0 Å². The van der Waals surface area contributed by atoms with Gasteiger partial charge in [-0.05, 0) is 166 Å². The van der Waals surface area contributed by atoms with E-state index in [1.165, 1.54) is 39.0 Å². The molecule has 0 unspecified atom stereocenters. The minimum Gasteiger partial charge on any atom is -0.450 e. The van der Waals surface area contributed by atoms with Crippen molar-refractivity contribution < 1.29 is 19.1 Å². The van der Waals surface area contributed by atoms with E-state index in [0.29, 0.717) is 50.1 Å². The number of pyridine rings is 2. The third kappa shape index (κ3) is 9.60. The van der Waals surface area contributed by atoms with E-state index in [0.717, 1.165) is 102 Å². The predicted octanol–water partition coefficient (Wildman–Crippen LogP) is 12.4. The minimum atomic E-state index is -0.248. The number of fused-ring (bicyclic) bond motifs is 4. The normalized spacial score (nSPS) is 16.1. The van der Waals surface area contributed by atoms with Crippen LogP contribution in [0.2, 0.25) is 10.0 Å². The van der Waals surface area contributed by atoms with Crippen LogP contribution in [0.1, 0.15) is 84.3 Å². The van der Waals surface area contributed by atoms with Gasteiger partial charge in [0.15, 0.2) is 0 Å². The molecule has 0 spiro atoms. The highest BCUT2D eigenvalue weighted by Crippen LogP contribution is 2.46. The fourth-order valence-corrected chi connectivity index (χ4v) is 11.2. The first-order valence-corrected chi connectivity index (χ1v) is 23.6. The molecule has 15 heteroatoms. The van der Waals surface area contributed by atoms with Crippen LogP contribution in [-0.2, 0) is 35.2 Å². The monoisotopic (exact) mass is 1090 g/mol. The Hall–Kier alpha value is -2.94. The van der Waals surface area contributed by atoms with Crippen molar-refractivity contribution >= 4 is 116 Å². The van der Waals surface area contributed by atoms with Gasteiger partial charge < -0.3 is 25.0 Å². The molecule has 0 saturated carbocycles. The second-order valence-electron chi connectivity index (χ2n) is 14.7. The number of carbonyl (C=O) groups is 2. The number of amides is 2. The number of anilines is 1. The molecule has 0 bridgehead atoms. The molecule has 59 heavy (non-hydrogen) atoms. The highest BCUT2D eigenvalue weighted by atomic mass is 79.9. The van der Waals surface area contributed by atoms with E-state index in [-0.39, 0.29) is 12.2 Å². The number of halogens is 6. The molecule has 4 aliphatic rings. The summed E-state index contributed by atoms with van der Waals surface area (Å²) in [5.41, 5.74) is 20.8. The van der Waals surface area contributed by atoms with E-state index < -0.39 is 0 Å². The van der Waals surface area contributed by atoms with Crippen LogP contribution >= 0.6 is 86.9 Å². The Morgan fingerprint density at radius 2 is 1.08 bits per heavy atom. The molecule has 2 fully saturated rings. The van der Waals surface area contributed by atoms with Gasteiger partial charge in [-0.2, -0.15) is 0 Å². The molecule has 2 saturated heterocycles. The van der Waals surface area contributed by atoms with Crippen molar-refractivity contribution in [1.29, 1.82) is 0 Å². The van der Waals surface area contributed by atoms with Crippen molar-refractivity contribution in [3.8, 4) is 0 Å². The molecule has 8 rings (SSSR count). The highest BCUT2D eigenvalue weighted by molar-refractivity contribution is 9.11. The fraction of sp³-hybridized carbons (Fsp3) is 0.364. The van der Waals surface area contributed by atoms with E-state index in [9.17, 15) is 9.59 Å². The van der Waals surface area contributed by atoms with Gasteiger partial charge in [0.2, 0.25) is 0 Å². The zero-order chi connectivity index (χ0) is 42.0. The van der Waals surface area contributed by atoms with Crippen LogP contribution in [0.4, 0.5) is 15.3 Å². The maximum atomic E-state index is 12.1. The molecule has 0 atom stereocenters. The Morgan fingerprint density at radius 1 is 0.644 bits per heavy atom. The molecule has 310 valence electrons. The second-order valence-corrected chi connectivity index (χ2v) is 19.0. The predicted molar refractivity (Wildman–Crippen MR) is 249 cm³/mol. The lowest BCUT2D eigenvalue weighted by Crippen LogP contribution is -2.37. The van der Waals surface area contributed by atoms with Crippen molar-refractivity contribution in [2.75, 3.05) is 45.1 Å². The van der Waals surface area contributed by atoms with Crippen molar-refractivity contribution in [2.45, 2.75) is 65.2 Å². The number of nitrogens with zero attached hydrogens (tertiary/aromatic N) is 4. The van der Waals surface area contributed by atoms with Gasteiger partial charge in [0.25, 0.3) is 0 Å². The average molecular weight is 1100 g/mol. The lowest BCUT2D eigenvalue weighted by molar-refractivity contribution is 0.103. The average Bonchev–Trinajstić information content (AvgIpc) is 3.48. The zero-order valence-corrected chi connectivity index (χ0v) is 40.6. The van der Waals surface area contributed by atoms with Gasteiger partial charge in [0.1, 0.15) is 0 Å². The van der Waals surface area contributed by atoms with Gasteiger partial charge in [-0.25, -0.2) is 9.59 Å². The summed E-state index contributed by atoms with van der Waals surface area (Å²) < 4.78 is 14.1. The number of rotatable bonds is 2. The molecule has 0 radical (unpaired) electrons. The number of hydrogen-bond donors (Lipinski definition) is 1. The first kappa shape index (κ1) is 44.1. The summed E-state index contributed by atoms with van der Waals surface area (Å²) in [6.07, 6.45) is 9.90. The van der Waals surface area contributed by atoms with Gasteiger partial charge in [-0.1, -0.05) is 50.3 Å². The molecule has 2 aliphatic carbocycles. The zero-order valence-electron chi connectivity index (χ0n) is 32.7. The first-order valence-electron chi connectivity index (χ1n) is 19.7. The number of nitrogens with two attached hydrogens (primary N) is 1. The Balaban J connectivity index is 0.000000179. The van der Waals surface area contributed by atoms with E-state index in [1.54, 1.807) is 9.80 Å². The second kappa shape index (κ2) is 19.4. The third-order valence-corrected chi connectivity index (χ3v) is 14.0. The Morgan fingerprint density at radius 3 is 1.56 bits per heavy atom. The molecule has 4 aromatic rings. The number of benzene rings is 2. The van der Waals surface area contributed by atoms with Crippen LogP contribution in [0, 0.1) is 0 Å². The minimum absolute atomic E-state index is 0.228. The van der Waals surface area contributed by atoms with Crippen molar-refractivity contribution in [3.63, 3.8) is 0 Å². The highest BCUT2D eigenvalue weighted by Gasteiger charge is 2.31. The van der Waals surface area contributed by atoms with Crippen LogP contribution in [0.25, 0.3) is 11.1 Å². The van der Waals surface area contributed by atoms with E-state index in [1.807, 2.05) is 38.4 Å². The summed E-state index contributed by atoms with van der Waals surface area (Å²) in [4.78, 5) is 37.4. The van der Waals surface area contributed by atoms with Gasteiger partial charge in [-0.15, -0.1) is 0 Å². The maximum Gasteiger partial charge on any atom is 0.409 e. The van der Waals surface area contributed by atoms with Crippen LogP contribution < -0.4 is 5.73 Å². The molecular weight excluding hydrogens is 1050 g/mol. The molecule has 2 aromatic heterocycles. The SMILES string of the molecule is CCOC(=O)N1CCC(=C2c3ncc(Br)cc3CCc3cc(Cl)c(N)c(Br)c32)CC1.CCOC(=O)N1CCC(=C2c3ncc(Br)cc3CCc3cc(Cl)cc(Br)c32)CC1. The topological polar surface area (TPSA) is 111 Å².